The highest BCUT2D eigenvalue weighted by Gasteiger charge is 2.35. The molecule has 1 aromatic rings. The lowest BCUT2D eigenvalue weighted by molar-refractivity contribution is -0.393. The highest BCUT2D eigenvalue weighted by molar-refractivity contribution is 7.80. The Hall–Kier alpha value is -2.15. The van der Waals surface area contributed by atoms with Gasteiger partial charge in [0.1, 0.15) is 5.69 Å². The number of amides is 2. The van der Waals surface area contributed by atoms with Gasteiger partial charge in [0.2, 0.25) is 3.79 Å². The van der Waals surface area contributed by atoms with Crippen molar-refractivity contribution >= 4 is 75.2 Å². The summed E-state index contributed by atoms with van der Waals surface area (Å²) in [6, 6.07) is 2.43. The Morgan fingerprint density at radius 3 is 2.21 bits per heavy atom. The summed E-state index contributed by atoms with van der Waals surface area (Å²) in [6.07, 6.45) is -1.28. The van der Waals surface area contributed by atoms with Crippen molar-refractivity contribution in [1.29, 1.82) is 0 Å². The van der Waals surface area contributed by atoms with Crippen LogP contribution in [0, 0.1) is 20.2 Å². The summed E-state index contributed by atoms with van der Waals surface area (Å²) in [6.45, 7) is 4.35. The van der Waals surface area contributed by atoms with Crippen LogP contribution < -0.4 is 16.0 Å². The Morgan fingerprint density at radius 2 is 1.76 bits per heavy atom. The normalized spacial score (nSPS) is 11.9. The molecule has 0 unspecified atom stereocenters. The zero-order valence-corrected chi connectivity index (χ0v) is 18.2. The predicted molar refractivity (Wildman–Crippen MR) is 115 cm³/mol. The van der Waals surface area contributed by atoms with Crippen molar-refractivity contribution in [3.05, 3.63) is 38.4 Å². The van der Waals surface area contributed by atoms with Gasteiger partial charge in [0.15, 0.2) is 11.3 Å². The molecular formula is C14H17Cl3N6O5S. The standard InChI is InChI=1S/C14H17Cl3N6O5S/c1-3-21(4-2)13(24)20-11(14(15,16)17)19-12(29)18-9-6-5-8(22(25)26)7-10(9)23(27)28/h5-7,11H,3-4H2,1-2H3,(H,20,24)(H2,18,19,29)/t11-/m1/s1. The number of thiocarbonyl (C=S) groups is 1. The number of nitro groups is 2. The van der Waals surface area contributed by atoms with Gasteiger partial charge in [0.05, 0.1) is 15.9 Å². The summed E-state index contributed by atoms with van der Waals surface area (Å²) in [5.41, 5.74) is -1.18. The second-order valence-corrected chi connectivity index (χ2v) is 8.19. The van der Waals surface area contributed by atoms with E-state index in [0.717, 1.165) is 18.2 Å². The van der Waals surface area contributed by atoms with Crippen LogP contribution in [0.4, 0.5) is 21.9 Å². The molecule has 0 aliphatic heterocycles. The van der Waals surface area contributed by atoms with E-state index in [-0.39, 0.29) is 10.8 Å². The van der Waals surface area contributed by atoms with Crippen molar-refractivity contribution in [2.75, 3.05) is 18.4 Å². The molecule has 3 N–H and O–H groups in total. The maximum Gasteiger partial charge on any atom is 0.319 e. The summed E-state index contributed by atoms with van der Waals surface area (Å²) in [5.74, 6) is 0. The summed E-state index contributed by atoms with van der Waals surface area (Å²) >= 11 is 22.7. The molecule has 2 amide bonds. The molecular weight excluding hydrogens is 471 g/mol. The summed E-state index contributed by atoms with van der Waals surface area (Å²) in [7, 11) is 0. The van der Waals surface area contributed by atoms with E-state index in [0.29, 0.717) is 13.1 Å². The molecule has 11 nitrogen and oxygen atoms in total. The molecule has 0 radical (unpaired) electrons. The maximum atomic E-state index is 12.2. The zero-order chi connectivity index (χ0) is 22.4. The Kier molecular flexibility index (Phi) is 9.08. The van der Waals surface area contributed by atoms with Gasteiger partial charge in [-0.15, -0.1) is 0 Å². The SMILES string of the molecule is CCN(CC)C(=O)N[C@@H](NC(=S)Nc1ccc([N+](=O)[O-])cc1[N+](=O)[O-])C(Cl)(Cl)Cl. The van der Waals surface area contributed by atoms with Crippen molar-refractivity contribution in [2.24, 2.45) is 0 Å². The van der Waals surface area contributed by atoms with Crippen LogP contribution >= 0.6 is 47.0 Å². The number of hydrogen-bond acceptors (Lipinski definition) is 6. The Morgan fingerprint density at radius 1 is 1.17 bits per heavy atom. The molecule has 0 aliphatic rings. The minimum Gasteiger partial charge on any atom is -0.339 e. The number of nitrogens with one attached hydrogen (secondary N) is 3. The molecule has 0 bridgehead atoms. The fraction of sp³-hybridized carbons (Fsp3) is 0.429. The number of halogens is 3. The number of non-ortho nitro benzene ring substituents is 1. The van der Waals surface area contributed by atoms with Crippen LogP contribution in [0.2, 0.25) is 0 Å². The first-order chi connectivity index (χ1) is 13.4. The number of carbonyl (C=O) groups is 1. The summed E-state index contributed by atoms with van der Waals surface area (Å²) in [4.78, 5) is 34.1. The number of hydrogen-bond donors (Lipinski definition) is 3. The van der Waals surface area contributed by atoms with Crippen LogP contribution in [0.3, 0.4) is 0 Å². The number of nitro benzene ring substituents is 2. The molecule has 15 heteroatoms. The average molecular weight is 488 g/mol. The monoisotopic (exact) mass is 486 g/mol. The van der Waals surface area contributed by atoms with E-state index in [1.165, 1.54) is 4.90 Å². The highest BCUT2D eigenvalue weighted by atomic mass is 35.6. The van der Waals surface area contributed by atoms with E-state index in [1.807, 2.05) is 0 Å². The average Bonchev–Trinajstić information content (AvgIpc) is 2.61. The van der Waals surface area contributed by atoms with Gasteiger partial charge in [-0.25, -0.2) is 4.79 Å². The van der Waals surface area contributed by atoms with Crippen molar-refractivity contribution in [3.8, 4) is 0 Å². The van der Waals surface area contributed by atoms with Crippen molar-refractivity contribution < 1.29 is 14.6 Å². The van der Waals surface area contributed by atoms with Crippen molar-refractivity contribution in [2.45, 2.75) is 23.8 Å². The van der Waals surface area contributed by atoms with Gasteiger partial charge < -0.3 is 20.9 Å². The van der Waals surface area contributed by atoms with E-state index in [9.17, 15) is 25.0 Å². The van der Waals surface area contributed by atoms with Crippen LogP contribution in [-0.2, 0) is 0 Å². The minimum absolute atomic E-state index is 0.128. The van der Waals surface area contributed by atoms with Crippen LogP contribution in [0.1, 0.15) is 13.8 Å². The smallest absolute Gasteiger partial charge is 0.319 e. The van der Waals surface area contributed by atoms with Gasteiger partial charge in [-0.05, 0) is 32.1 Å². The molecule has 0 aliphatic carbocycles. The van der Waals surface area contributed by atoms with Crippen LogP contribution in [0.5, 0.6) is 0 Å². The molecule has 1 aromatic carbocycles. The number of rotatable bonds is 7. The number of carbonyl (C=O) groups excluding carboxylic acids is 1. The van der Waals surface area contributed by atoms with Gasteiger partial charge in [-0.2, -0.15) is 0 Å². The van der Waals surface area contributed by atoms with E-state index in [4.69, 9.17) is 47.0 Å². The first-order valence-electron chi connectivity index (χ1n) is 8.03. The van der Waals surface area contributed by atoms with E-state index in [2.05, 4.69) is 16.0 Å². The van der Waals surface area contributed by atoms with Gasteiger partial charge in [0, 0.05) is 19.2 Å². The third kappa shape index (κ3) is 7.31. The predicted octanol–water partition coefficient (Wildman–Crippen LogP) is 3.54. The number of nitrogens with zero attached hydrogens (tertiary/aromatic N) is 3. The van der Waals surface area contributed by atoms with E-state index >= 15 is 0 Å². The van der Waals surface area contributed by atoms with E-state index in [1.54, 1.807) is 13.8 Å². The Labute approximate surface area is 185 Å². The third-order valence-electron chi connectivity index (χ3n) is 3.56. The Bertz CT molecular complexity index is 802. The molecule has 0 heterocycles. The summed E-state index contributed by atoms with van der Waals surface area (Å²) in [5, 5.41) is 29.3. The zero-order valence-electron chi connectivity index (χ0n) is 15.1. The Balaban J connectivity index is 3.01. The van der Waals surface area contributed by atoms with Gasteiger partial charge in [-0.3, -0.25) is 20.2 Å². The molecule has 0 spiro atoms. The van der Waals surface area contributed by atoms with Crippen LogP contribution in [0.15, 0.2) is 18.2 Å². The molecule has 160 valence electrons. The second-order valence-electron chi connectivity index (χ2n) is 5.41. The molecule has 0 saturated heterocycles. The van der Waals surface area contributed by atoms with Crippen LogP contribution in [0.25, 0.3) is 0 Å². The topological polar surface area (TPSA) is 143 Å². The van der Waals surface area contributed by atoms with Crippen molar-refractivity contribution in [1.82, 2.24) is 15.5 Å². The first kappa shape index (κ1) is 24.9. The minimum atomic E-state index is -2.02. The number of urea groups is 1. The fourth-order valence-corrected chi connectivity index (χ4v) is 2.66. The van der Waals surface area contributed by atoms with Crippen LogP contribution in [-0.4, -0.2) is 48.9 Å². The van der Waals surface area contributed by atoms with Gasteiger partial charge in [0.25, 0.3) is 11.4 Å². The molecule has 1 atom stereocenters. The van der Waals surface area contributed by atoms with E-state index < -0.39 is 37.2 Å². The highest BCUT2D eigenvalue weighted by Crippen LogP contribution is 2.31. The van der Waals surface area contributed by atoms with Gasteiger partial charge in [-0.1, -0.05) is 34.8 Å². The maximum absolute atomic E-state index is 12.2. The fourth-order valence-electron chi connectivity index (χ4n) is 2.11. The quantitative estimate of drug-likeness (QED) is 0.174. The van der Waals surface area contributed by atoms with Crippen molar-refractivity contribution in [3.63, 3.8) is 0 Å². The molecule has 1 rings (SSSR count). The molecule has 0 aromatic heterocycles. The second kappa shape index (κ2) is 10.6. The lowest BCUT2D eigenvalue weighted by atomic mass is 10.2. The number of alkyl halides is 3. The largest absolute Gasteiger partial charge is 0.339 e. The molecule has 0 fully saturated rings. The molecule has 0 saturated carbocycles. The third-order valence-corrected chi connectivity index (χ3v) is 4.43. The first-order valence-corrected chi connectivity index (χ1v) is 9.57. The number of benzene rings is 1. The lowest BCUT2D eigenvalue weighted by Gasteiger charge is -2.30. The molecule has 29 heavy (non-hydrogen) atoms. The summed E-state index contributed by atoms with van der Waals surface area (Å²) < 4.78 is -2.02. The van der Waals surface area contributed by atoms with Gasteiger partial charge >= 0.3 is 6.03 Å². The number of anilines is 1. The lowest BCUT2D eigenvalue weighted by Crippen LogP contribution is -2.58.